The van der Waals surface area contributed by atoms with Crippen LogP contribution >= 0.6 is 12.2 Å². The first-order valence-electron chi connectivity index (χ1n) is 9.95. The zero-order chi connectivity index (χ0) is 20.2. The van der Waals surface area contributed by atoms with Gasteiger partial charge in [-0.15, -0.1) is 0 Å². The summed E-state index contributed by atoms with van der Waals surface area (Å²) in [4.78, 5) is 14.7. The number of carbonyl (C=O) groups excluding carboxylic acids is 1. The Morgan fingerprint density at radius 3 is 2.62 bits per heavy atom. The first kappa shape index (κ1) is 19.6. The highest BCUT2D eigenvalue weighted by Crippen LogP contribution is 2.28. The van der Waals surface area contributed by atoms with Crippen LogP contribution in [0.5, 0.6) is 5.75 Å². The molecule has 1 aliphatic carbocycles. The first-order chi connectivity index (χ1) is 14.1. The molecule has 4 nitrogen and oxygen atoms in total. The van der Waals surface area contributed by atoms with Crippen LogP contribution in [-0.2, 0) is 11.4 Å². The maximum absolute atomic E-state index is 13.9. The zero-order valence-electron chi connectivity index (χ0n) is 16.1. The molecule has 2 aliphatic rings. The van der Waals surface area contributed by atoms with Crippen molar-refractivity contribution in [1.82, 2.24) is 10.2 Å². The van der Waals surface area contributed by atoms with E-state index in [1.807, 2.05) is 24.3 Å². The number of hydrogen-bond donors (Lipinski definition) is 1. The summed E-state index contributed by atoms with van der Waals surface area (Å²) in [5.41, 5.74) is 1.67. The van der Waals surface area contributed by atoms with E-state index in [1.54, 1.807) is 29.2 Å². The second-order valence-electron chi connectivity index (χ2n) is 7.37. The minimum absolute atomic E-state index is 0.0918. The number of halogens is 1. The quantitative estimate of drug-likeness (QED) is 0.568. The Kier molecular flexibility index (Phi) is 5.90. The van der Waals surface area contributed by atoms with E-state index in [2.05, 4.69) is 5.32 Å². The van der Waals surface area contributed by atoms with Crippen LogP contribution in [0.4, 0.5) is 4.39 Å². The lowest BCUT2D eigenvalue weighted by Crippen LogP contribution is -2.41. The largest absolute Gasteiger partial charge is 0.488 e. The number of nitrogens with one attached hydrogen (secondary N) is 1. The van der Waals surface area contributed by atoms with Gasteiger partial charge in [-0.1, -0.05) is 55.7 Å². The van der Waals surface area contributed by atoms with Gasteiger partial charge in [-0.05, 0) is 43.3 Å². The van der Waals surface area contributed by atoms with Gasteiger partial charge in [0.15, 0.2) is 5.11 Å². The van der Waals surface area contributed by atoms with Gasteiger partial charge >= 0.3 is 0 Å². The van der Waals surface area contributed by atoms with Gasteiger partial charge in [-0.25, -0.2) is 4.39 Å². The summed E-state index contributed by atoms with van der Waals surface area (Å²) in [7, 11) is 0. The van der Waals surface area contributed by atoms with Gasteiger partial charge < -0.3 is 10.1 Å². The molecule has 2 aromatic carbocycles. The lowest BCUT2D eigenvalue weighted by Gasteiger charge is -2.29. The highest BCUT2D eigenvalue weighted by atomic mass is 32.1. The minimum atomic E-state index is -0.301. The predicted molar refractivity (Wildman–Crippen MR) is 115 cm³/mol. The van der Waals surface area contributed by atoms with Crippen molar-refractivity contribution in [3.05, 3.63) is 71.2 Å². The van der Waals surface area contributed by atoms with E-state index >= 15 is 0 Å². The SMILES string of the molecule is O=C1/C(=C\c2ccccc2OCc2ccccc2F)NC(=S)N1C1CCCCC1. The molecule has 29 heavy (non-hydrogen) atoms. The third kappa shape index (κ3) is 4.32. The molecular weight excluding hydrogens is 387 g/mol. The topological polar surface area (TPSA) is 41.6 Å². The van der Waals surface area contributed by atoms with Gasteiger partial charge in [0.1, 0.15) is 23.9 Å². The van der Waals surface area contributed by atoms with Crippen LogP contribution in [0, 0.1) is 5.82 Å². The zero-order valence-corrected chi connectivity index (χ0v) is 16.9. The van der Waals surface area contributed by atoms with E-state index in [0.29, 0.717) is 22.1 Å². The number of benzene rings is 2. The maximum Gasteiger partial charge on any atom is 0.276 e. The van der Waals surface area contributed by atoms with Crippen molar-refractivity contribution >= 4 is 29.3 Å². The van der Waals surface area contributed by atoms with E-state index in [9.17, 15) is 9.18 Å². The van der Waals surface area contributed by atoms with Crippen molar-refractivity contribution in [2.75, 3.05) is 0 Å². The van der Waals surface area contributed by atoms with Crippen LogP contribution in [0.1, 0.15) is 43.2 Å². The molecule has 1 aliphatic heterocycles. The number of nitrogens with zero attached hydrogens (tertiary/aromatic N) is 1. The second-order valence-corrected chi connectivity index (χ2v) is 7.76. The van der Waals surface area contributed by atoms with Crippen LogP contribution in [0.2, 0.25) is 0 Å². The lowest BCUT2D eigenvalue weighted by molar-refractivity contribution is -0.124. The fraction of sp³-hybridized carbons (Fsp3) is 0.304. The molecule has 1 N–H and O–H groups in total. The Labute approximate surface area is 175 Å². The Bertz CT molecular complexity index is 953. The average Bonchev–Trinajstić information content (AvgIpc) is 3.02. The summed E-state index contributed by atoms with van der Waals surface area (Å²) < 4.78 is 19.7. The number of thiocarbonyl (C=S) groups is 1. The summed E-state index contributed by atoms with van der Waals surface area (Å²) in [5.74, 6) is 0.190. The Hall–Kier alpha value is -2.73. The van der Waals surface area contributed by atoms with Crippen molar-refractivity contribution in [3.63, 3.8) is 0 Å². The molecular formula is C23H23FN2O2S. The van der Waals surface area contributed by atoms with Gasteiger partial charge in [0.25, 0.3) is 5.91 Å². The molecule has 1 heterocycles. The highest BCUT2D eigenvalue weighted by Gasteiger charge is 2.36. The molecule has 4 rings (SSSR count). The van der Waals surface area contributed by atoms with E-state index in [0.717, 1.165) is 31.2 Å². The van der Waals surface area contributed by atoms with Crippen molar-refractivity contribution in [2.45, 2.75) is 44.8 Å². The summed E-state index contributed by atoms with van der Waals surface area (Å²) >= 11 is 5.43. The fourth-order valence-corrected chi connectivity index (χ4v) is 4.22. The van der Waals surface area contributed by atoms with Crippen molar-refractivity contribution in [2.24, 2.45) is 0 Å². The Morgan fingerprint density at radius 2 is 1.83 bits per heavy atom. The molecule has 0 spiro atoms. The molecule has 0 bridgehead atoms. The summed E-state index contributed by atoms with van der Waals surface area (Å²) in [6, 6.07) is 14.1. The first-order valence-corrected chi connectivity index (χ1v) is 10.4. The molecule has 0 aromatic heterocycles. The number of amides is 1. The van der Waals surface area contributed by atoms with Crippen LogP contribution < -0.4 is 10.1 Å². The number of ether oxygens (including phenoxy) is 1. The molecule has 0 atom stereocenters. The van der Waals surface area contributed by atoms with E-state index < -0.39 is 0 Å². The number of rotatable bonds is 5. The average molecular weight is 411 g/mol. The predicted octanol–water partition coefficient (Wildman–Crippen LogP) is 4.80. The fourth-order valence-electron chi connectivity index (χ4n) is 3.88. The Balaban J connectivity index is 1.53. The number of carbonyl (C=O) groups is 1. The minimum Gasteiger partial charge on any atom is -0.488 e. The molecule has 1 saturated carbocycles. The molecule has 1 saturated heterocycles. The van der Waals surface area contributed by atoms with E-state index in [4.69, 9.17) is 17.0 Å². The van der Waals surface area contributed by atoms with Crippen molar-refractivity contribution in [1.29, 1.82) is 0 Å². The maximum atomic E-state index is 13.9. The van der Waals surface area contributed by atoms with Gasteiger partial charge in [-0.3, -0.25) is 9.69 Å². The summed E-state index contributed by atoms with van der Waals surface area (Å²) in [5, 5.41) is 3.53. The third-order valence-corrected chi connectivity index (χ3v) is 5.71. The van der Waals surface area contributed by atoms with Gasteiger partial charge in [-0.2, -0.15) is 0 Å². The standard InChI is InChI=1S/C23H23FN2O2S/c24-19-12-6-4-9-17(19)15-28-21-13-7-5-8-16(21)14-20-22(27)26(23(29)25-20)18-10-2-1-3-11-18/h4-9,12-14,18H,1-3,10-11,15H2,(H,25,29)/b20-14+. The van der Waals surface area contributed by atoms with Crippen LogP contribution in [0.25, 0.3) is 6.08 Å². The summed E-state index contributed by atoms with van der Waals surface area (Å²) in [6.45, 7) is 0.112. The number of hydrogen-bond acceptors (Lipinski definition) is 3. The monoisotopic (exact) mass is 410 g/mol. The van der Waals surface area contributed by atoms with Crippen LogP contribution in [0.15, 0.2) is 54.2 Å². The smallest absolute Gasteiger partial charge is 0.276 e. The second kappa shape index (κ2) is 8.74. The normalized spacial score (nSPS) is 18.9. The van der Waals surface area contributed by atoms with E-state index in [1.165, 1.54) is 12.5 Å². The molecule has 2 aromatic rings. The van der Waals surface area contributed by atoms with E-state index in [-0.39, 0.29) is 24.4 Å². The third-order valence-electron chi connectivity index (χ3n) is 5.41. The molecule has 2 fully saturated rings. The molecule has 0 radical (unpaired) electrons. The number of para-hydroxylation sites is 1. The molecule has 150 valence electrons. The molecule has 0 unspecified atom stereocenters. The van der Waals surface area contributed by atoms with Crippen molar-refractivity contribution < 1.29 is 13.9 Å². The van der Waals surface area contributed by atoms with Gasteiger partial charge in [0.2, 0.25) is 0 Å². The van der Waals surface area contributed by atoms with Crippen molar-refractivity contribution in [3.8, 4) is 5.75 Å². The van der Waals surface area contributed by atoms with Crippen LogP contribution in [-0.4, -0.2) is 22.0 Å². The Morgan fingerprint density at radius 1 is 1.10 bits per heavy atom. The van der Waals surface area contributed by atoms with Gasteiger partial charge in [0, 0.05) is 17.2 Å². The van der Waals surface area contributed by atoms with Crippen LogP contribution in [0.3, 0.4) is 0 Å². The molecule has 6 heteroatoms. The highest BCUT2D eigenvalue weighted by molar-refractivity contribution is 7.80. The lowest BCUT2D eigenvalue weighted by atomic mass is 9.94. The molecule has 1 amide bonds. The van der Waals surface area contributed by atoms with Gasteiger partial charge in [0.05, 0.1) is 0 Å². The summed E-state index contributed by atoms with van der Waals surface area (Å²) in [6.07, 6.45) is 7.21.